The lowest BCUT2D eigenvalue weighted by Gasteiger charge is -2.24. The average molecular weight is 211 g/mol. The minimum atomic E-state index is -0.708. The van der Waals surface area contributed by atoms with E-state index in [1.165, 1.54) is 0 Å². The highest BCUT2D eigenvalue weighted by Crippen LogP contribution is 2.27. The van der Waals surface area contributed by atoms with Gasteiger partial charge in [-0.1, -0.05) is 18.6 Å². The van der Waals surface area contributed by atoms with E-state index in [1.807, 2.05) is 0 Å². The van der Waals surface area contributed by atoms with Crippen molar-refractivity contribution in [2.75, 3.05) is 6.54 Å². The molecule has 1 fully saturated rings. The summed E-state index contributed by atoms with van der Waals surface area (Å²) in [5.74, 6) is -1.39. The Morgan fingerprint density at radius 2 is 2.00 bits per heavy atom. The zero-order chi connectivity index (χ0) is 10.8. The molecule has 1 N–H and O–H groups in total. The van der Waals surface area contributed by atoms with Gasteiger partial charge in [-0.3, -0.25) is 0 Å². The first kappa shape index (κ1) is 10.6. The van der Waals surface area contributed by atoms with Crippen LogP contribution in [0.2, 0.25) is 0 Å². The van der Waals surface area contributed by atoms with Crippen LogP contribution in [0.3, 0.4) is 0 Å². The Labute approximate surface area is 88.5 Å². The Morgan fingerprint density at radius 3 is 2.67 bits per heavy atom. The molecule has 1 aromatic rings. The molecule has 1 nitrogen and oxygen atoms in total. The van der Waals surface area contributed by atoms with Crippen LogP contribution >= 0.6 is 0 Å². The zero-order valence-corrected chi connectivity index (χ0v) is 8.82. The number of piperidine rings is 1. The van der Waals surface area contributed by atoms with Gasteiger partial charge in [-0.05, 0) is 31.9 Å². The van der Waals surface area contributed by atoms with E-state index in [0.717, 1.165) is 25.8 Å². The summed E-state index contributed by atoms with van der Waals surface area (Å²) in [6, 6.07) is 3.31. The fraction of sp³-hybridized carbons (Fsp3) is 0.500. The van der Waals surface area contributed by atoms with E-state index in [1.54, 1.807) is 19.1 Å². The van der Waals surface area contributed by atoms with E-state index >= 15 is 0 Å². The van der Waals surface area contributed by atoms with E-state index in [4.69, 9.17) is 0 Å². The van der Waals surface area contributed by atoms with Gasteiger partial charge in [0.15, 0.2) is 11.6 Å². The number of rotatable bonds is 1. The second kappa shape index (κ2) is 4.27. The van der Waals surface area contributed by atoms with Gasteiger partial charge in [0, 0.05) is 11.6 Å². The fourth-order valence-electron chi connectivity index (χ4n) is 2.05. The summed E-state index contributed by atoms with van der Waals surface area (Å²) >= 11 is 0. The summed E-state index contributed by atoms with van der Waals surface area (Å²) in [4.78, 5) is 0. The van der Waals surface area contributed by atoms with E-state index in [0.29, 0.717) is 11.1 Å². The molecule has 1 atom stereocenters. The van der Waals surface area contributed by atoms with E-state index in [9.17, 15) is 8.78 Å². The summed E-state index contributed by atoms with van der Waals surface area (Å²) < 4.78 is 27.0. The van der Waals surface area contributed by atoms with Crippen LogP contribution in [0.25, 0.3) is 0 Å². The number of aryl methyl sites for hydroxylation is 1. The molecule has 0 spiro atoms. The minimum absolute atomic E-state index is 0.0196. The molecular weight excluding hydrogens is 196 g/mol. The molecule has 1 heterocycles. The Balaban J connectivity index is 2.31. The molecule has 3 heteroatoms. The molecule has 0 aromatic heterocycles. The van der Waals surface area contributed by atoms with Gasteiger partial charge in [-0.2, -0.15) is 0 Å². The average Bonchev–Trinajstić information content (AvgIpc) is 2.27. The van der Waals surface area contributed by atoms with Crippen molar-refractivity contribution in [3.8, 4) is 0 Å². The molecule has 0 unspecified atom stereocenters. The van der Waals surface area contributed by atoms with E-state index in [-0.39, 0.29) is 6.04 Å². The zero-order valence-electron chi connectivity index (χ0n) is 8.82. The van der Waals surface area contributed by atoms with Crippen molar-refractivity contribution in [2.45, 2.75) is 32.2 Å². The van der Waals surface area contributed by atoms with Crippen LogP contribution in [0, 0.1) is 18.6 Å². The SMILES string of the molecule is Cc1ccc([C@@H]2CCCCN2)c(F)c1F. The molecule has 1 aliphatic rings. The number of benzene rings is 1. The van der Waals surface area contributed by atoms with Gasteiger partial charge in [0.1, 0.15) is 0 Å². The third kappa shape index (κ3) is 2.02. The number of nitrogens with one attached hydrogen (secondary N) is 1. The van der Waals surface area contributed by atoms with Crippen molar-refractivity contribution < 1.29 is 8.78 Å². The first-order valence-electron chi connectivity index (χ1n) is 5.38. The Morgan fingerprint density at radius 1 is 1.20 bits per heavy atom. The highest BCUT2D eigenvalue weighted by molar-refractivity contribution is 5.28. The summed E-state index contributed by atoms with van der Waals surface area (Å²) in [6.45, 7) is 2.47. The van der Waals surface area contributed by atoms with Gasteiger partial charge in [-0.25, -0.2) is 8.78 Å². The lowest BCUT2D eigenvalue weighted by molar-refractivity contribution is 0.390. The van der Waals surface area contributed by atoms with Crippen LogP contribution in [-0.4, -0.2) is 6.54 Å². The molecule has 0 saturated carbocycles. The maximum atomic E-state index is 13.6. The van der Waals surface area contributed by atoms with Gasteiger partial charge < -0.3 is 5.32 Å². The molecule has 2 rings (SSSR count). The molecule has 1 saturated heterocycles. The van der Waals surface area contributed by atoms with Crippen molar-refractivity contribution in [1.29, 1.82) is 0 Å². The Kier molecular flexibility index (Phi) is 3.00. The van der Waals surface area contributed by atoms with Gasteiger partial charge in [-0.15, -0.1) is 0 Å². The monoisotopic (exact) mass is 211 g/mol. The third-order valence-corrected chi connectivity index (χ3v) is 2.99. The second-order valence-corrected chi connectivity index (χ2v) is 4.10. The third-order valence-electron chi connectivity index (χ3n) is 2.99. The van der Waals surface area contributed by atoms with Crippen LogP contribution in [0.4, 0.5) is 8.78 Å². The minimum Gasteiger partial charge on any atom is -0.310 e. The largest absolute Gasteiger partial charge is 0.310 e. The smallest absolute Gasteiger partial charge is 0.163 e. The highest BCUT2D eigenvalue weighted by Gasteiger charge is 2.20. The summed E-state index contributed by atoms with van der Waals surface area (Å²) in [7, 11) is 0. The maximum absolute atomic E-state index is 13.6. The first-order chi connectivity index (χ1) is 7.20. The molecule has 1 aliphatic heterocycles. The van der Waals surface area contributed by atoms with Crippen LogP contribution in [0.15, 0.2) is 12.1 Å². The van der Waals surface area contributed by atoms with E-state index in [2.05, 4.69) is 5.32 Å². The van der Waals surface area contributed by atoms with Crippen LogP contribution in [-0.2, 0) is 0 Å². The van der Waals surface area contributed by atoms with Crippen LogP contribution in [0.1, 0.15) is 36.4 Å². The van der Waals surface area contributed by atoms with Crippen molar-refractivity contribution in [3.05, 3.63) is 34.9 Å². The maximum Gasteiger partial charge on any atom is 0.163 e. The molecule has 15 heavy (non-hydrogen) atoms. The van der Waals surface area contributed by atoms with Gasteiger partial charge in [0.05, 0.1) is 0 Å². The van der Waals surface area contributed by atoms with Crippen LogP contribution in [0.5, 0.6) is 0 Å². The molecule has 0 aliphatic carbocycles. The molecule has 1 aromatic carbocycles. The molecular formula is C12H15F2N. The van der Waals surface area contributed by atoms with Gasteiger partial charge in [0.2, 0.25) is 0 Å². The number of halogens is 2. The normalized spacial score (nSPS) is 21.7. The predicted molar refractivity (Wildman–Crippen MR) is 55.7 cm³/mol. The van der Waals surface area contributed by atoms with Gasteiger partial charge >= 0.3 is 0 Å². The molecule has 0 radical (unpaired) electrons. The lowest BCUT2D eigenvalue weighted by Crippen LogP contribution is -2.27. The van der Waals surface area contributed by atoms with Gasteiger partial charge in [0.25, 0.3) is 0 Å². The standard InChI is InChI=1S/C12H15F2N/c1-8-5-6-9(12(14)11(8)13)10-4-2-3-7-15-10/h5-6,10,15H,2-4,7H2,1H3/t10-/m0/s1. The second-order valence-electron chi connectivity index (χ2n) is 4.10. The molecule has 82 valence electrons. The first-order valence-corrected chi connectivity index (χ1v) is 5.38. The topological polar surface area (TPSA) is 12.0 Å². The summed E-state index contributed by atoms with van der Waals surface area (Å²) in [5, 5.41) is 3.22. The number of hydrogen-bond acceptors (Lipinski definition) is 1. The Hall–Kier alpha value is -0.960. The molecule has 0 bridgehead atoms. The van der Waals surface area contributed by atoms with Crippen molar-refractivity contribution in [3.63, 3.8) is 0 Å². The fourth-order valence-corrected chi connectivity index (χ4v) is 2.05. The summed E-state index contributed by atoms with van der Waals surface area (Å²) in [5.41, 5.74) is 0.838. The van der Waals surface area contributed by atoms with Crippen molar-refractivity contribution >= 4 is 0 Å². The quantitative estimate of drug-likeness (QED) is 0.752. The molecule has 0 amide bonds. The highest BCUT2D eigenvalue weighted by atomic mass is 19.2. The lowest BCUT2D eigenvalue weighted by atomic mass is 9.96. The van der Waals surface area contributed by atoms with Crippen LogP contribution < -0.4 is 5.32 Å². The predicted octanol–water partition coefficient (Wildman–Crippen LogP) is 3.09. The van der Waals surface area contributed by atoms with Crippen molar-refractivity contribution in [1.82, 2.24) is 5.32 Å². The number of hydrogen-bond donors (Lipinski definition) is 1. The van der Waals surface area contributed by atoms with E-state index < -0.39 is 11.6 Å². The Bertz CT molecular complexity index is 357. The van der Waals surface area contributed by atoms with Crippen molar-refractivity contribution in [2.24, 2.45) is 0 Å². The summed E-state index contributed by atoms with van der Waals surface area (Å²) in [6.07, 6.45) is 3.08.